The maximum atomic E-state index is 14.5. The Balaban J connectivity index is 1.40. The molecule has 0 aliphatic rings. The number of rotatable bonds is 28. The van der Waals surface area contributed by atoms with E-state index in [0.717, 1.165) is 44.7 Å². The van der Waals surface area contributed by atoms with Crippen LogP contribution in [-0.2, 0) is 35.1 Å². The Hall–Kier alpha value is -7.36. The Kier molecular flexibility index (Phi) is 23.0. The summed E-state index contributed by atoms with van der Waals surface area (Å²) in [6.45, 7) is 14.2. The number of alkyl carbamates (subject to hydrolysis) is 1. The Morgan fingerprint density at radius 2 is 1.15 bits per heavy atom. The molecule has 404 valence electrons. The van der Waals surface area contributed by atoms with Crippen molar-refractivity contribution in [2.75, 3.05) is 40.0 Å². The summed E-state index contributed by atoms with van der Waals surface area (Å²) in [5.41, 5.74) is 1.91. The number of hydrogen-bond acceptors (Lipinski definition) is 10. The lowest BCUT2D eigenvalue weighted by Gasteiger charge is -2.26. The Morgan fingerprint density at radius 1 is 0.587 bits per heavy atom. The van der Waals surface area contributed by atoms with Gasteiger partial charge in [0.1, 0.15) is 35.2 Å². The van der Waals surface area contributed by atoms with Gasteiger partial charge >= 0.3 is 12.1 Å². The van der Waals surface area contributed by atoms with E-state index in [0.29, 0.717) is 62.7 Å². The van der Waals surface area contributed by atoms with Gasteiger partial charge in [-0.05, 0) is 117 Å². The smallest absolute Gasteiger partial charge is 0.407 e. The molecule has 5 aromatic rings. The molecule has 7 N–H and O–H groups in total. The van der Waals surface area contributed by atoms with E-state index in [4.69, 9.17) is 24.4 Å². The highest BCUT2D eigenvalue weighted by Crippen LogP contribution is 2.45. The summed E-state index contributed by atoms with van der Waals surface area (Å²) in [6.07, 6.45) is 2.53. The highest BCUT2D eigenvalue weighted by Gasteiger charge is 2.31. The van der Waals surface area contributed by atoms with E-state index in [1.807, 2.05) is 117 Å². The molecular weight excluding hydrogens is 951 g/mol. The number of carbonyl (C=O) groups is 5. The third-order valence-electron chi connectivity index (χ3n) is 12.2. The van der Waals surface area contributed by atoms with Crippen molar-refractivity contribution in [1.82, 2.24) is 31.9 Å². The number of hydrogen-bond donors (Lipinski definition) is 7. The number of esters is 1. The fourth-order valence-corrected chi connectivity index (χ4v) is 8.41. The van der Waals surface area contributed by atoms with Crippen molar-refractivity contribution in [3.8, 4) is 22.6 Å². The third kappa shape index (κ3) is 19.5. The maximum absolute atomic E-state index is 14.5. The Labute approximate surface area is 442 Å². The molecule has 0 aromatic heterocycles. The van der Waals surface area contributed by atoms with Crippen molar-refractivity contribution in [2.24, 2.45) is 11.8 Å². The molecule has 0 bridgehead atoms. The lowest BCUT2D eigenvalue weighted by molar-refractivity contribution is -0.148. The third-order valence-corrected chi connectivity index (χ3v) is 12.2. The minimum atomic E-state index is -1.14. The lowest BCUT2D eigenvalue weighted by atomic mass is 9.92. The van der Waals surface area contributed by atoms with E-state index in [9.17, 15) is 24.0 Å². The van der Waals surface area contributed by atoms with Crippen molar-refractivity contribution in [2.45, 2.75) is 124 Å². The monoisotopic (exact) mass is 1030 g/mol. The zero-order chi connectivity index (χ0) is 54.3. The second-order valence-corrected chi connectivity index (χ2v) is 20.5. The summed E-state index contributed by atoms with van der Waals surface area (Å²) in [5.74, 6) is -0.746. The lowest BCUT2D eigenvalue weighted by Crippen LogP contribution is -2.56. The van der Waals surface area contributed by atoms with Crippen LogP contribution in [0.25, 0.3) is 32.7 Å². The molecule has 5 rings (SSSR count). The average molecular weight is 1030 g/mol. The molecule has 0 radical (unpaired) electrons. The molecule has 0 saturated heterocycles. The first-order valence-electron chi connectivity index (χ1n) is 26.3. The molecule has 0 unspecified atom stereocenters. The van der Waals surface area contributed by atoms with Crippen LogP contribution < -0.4 is 41.4 Å². The number of amides is 4. The number of guanidine groups is 1. The van der Waals surface area contributed by atoms with Crippen molar-refractivity contribution in [1.29, 1.82) is 5.41 Å². The number of benzene rings is 5. The summed E-state index contributed by atoms with van der Waals surface area (Å²) in [7, 11) is 1.61. The minimum Gasteiger partial charge on any atom is -0.493 e. The Bertz CT molecular complexity index is 2670. The van der Waals surface area contributed by atoms with Gasteiger partial charge in [-0.3, -0.25) is 19.8 Å². The number of nitrogens with one attached hydrogen (secondary N) is 7. The molecule has 0 aliphatic carbocycles. The number of carbonyl (C=O) groups excluding carboxylic acids is 5. The first kappa shape index (κ1) is 58.5. The molecule has 0 spiro atoms. The van der Waals surface area contributed by atoms with E-state index in [1.54, 1.807) is 27.8 Å². The van der Waals surface area contributed by atoms with Crippen LogP contribution in [0, 0.1) is 17.2 Å². The highest BCUT2D eigenvalue weighted by molar-refractivity contribution is 6.10. The van der Waals surface area contributed by atoms with E-state index >= 15 is 0 Å². The SMILES string of the molecule is CNC(=N)NCCC[C@@H](NC(=O)[C@@H](CCCCNC(=O)OC(C)(C)C)NC(=O)COc1ccc2ccccc2c1-c1c(OCCC(C)C)ccc2ccccc12)C(=O)N[C@@H](CC(C)C)C(=O)OCCc1ccccc1. The van der Waals surface area contributed by atoms with Gasteiger partial charge in [0.15, 0.2) is 12.6 Å². The summed E-state index contributed by atoms with van der Waals surface area (Å²) >= 11 is 0. The van der Waals surface area contributed by atoms with Crippen molar-refractivity contribution < 1.29 is 42.9 Å². The molecule has 3 atom stereocenters. The topological polar surface area (TPSA) is 218 Å². The fraction of sp³-hybridized carbons (Fsp3) is 0.458. The van der Waals surface area contributed by atoms with Gasteiger partial charge in [-0.1, -0.05) is 119 Å². The van der Waals surface area contributed by atoms with Crippen LogP contribution in [-0.4, -0.2) is 99.4 Å². The van der Waals surface area contributed by atoms with Crippen LogP contribution in [0.3, 0.4) is 0 Å². The van der Waals surface area contributed by atoms with Gasteiger partial charge in [0, 0.05) is 37.7 Å². The molecule has 16 heteroatoms. The largest absolute Gasteiger partial charge is 0.493 e. The number of fused-ring (bicyclic) bond motifs is 2. The molecule has 16 nitrogen and oxygen atoms in total. The van der Waals surface area contributed by atoms with E-state index < -0.39 is 60.1 Å². The normalized spacial score (nSPS) is 12.6. The molecular formula is C59H79N7O9. The maximum Gasteiger partial charge on any atom is 0.407 e. The summed E-state index contributed by atoms with van der Waals surface area (Å²) in [6, 6.07) is 30.2. The quantitative estimate of drug-likeness (QED) is 0.0109. The average Bonchev–Trinajstić information content (AvgIpc) is 3.37. The van der Waals surface area contributed by atoms with Crippen LogP contribution in [0.4, 0.5) is 4.79 Å². The van der Waals surface area contributed by atoms with E-state index in [2.05, 4.69) is 45.7 Å². The van der Waals surface area contributed by atoms with Crippen molar-refractivity contribution in [3.05, 3.63) is 109 Å². The zero-order valence-electron chi connectivity index (χ0n) is 45.1. The molecule has 0 fully saturated rings. The van der Waals surface area contributed by atoms with Crippen LogP contribution in [0.1, 0.15) is 99.0 Å². The van der Waals surface area contributed by atoms with Crippen LogP contribution in [0.15, 0.2) is 103 Å². The van der Waals surface area contributed by atoms with E-state index in [1.165, 1.54) is 0 Å². The predicted molar refractivity (Wildman–Crippen MR) is 296 cm³/mol. The van der Waals surface area contributed by atoms with Gasteiger partial charge in [0.25, 0.3) is 5.91 Å². The predicted octanol–water partition coefficient (Wildman–Crippen LogP) is 8.97. The van der Waals surface area contributed by atoms with E-state index in [-0.39, 0.29) is 37.9 Å². The second kappa shape index (κ2) is 29.5. The van der Waals surface area contributed by atoms with Gasteiger partial charge < -0.3 is 50.8 Å². The second-order valence-electron chi connectivity index (χ2n) is 20.5. The fourth-order valence-electron chi connectivity index (χ4n) is 8.41. The molecule has 5 aromatic carbocycles. The summed E-state index contributed by atoms with van der Waals surface area (Å²) < 4.78 is 24.0. The van der Waals surface area contributed by atoms with Gasteiger partial charge in [-0.2, -0.15) is 0 Å². The highest BCUT2D eigenvalue weighted by atomic mass is 16.6. The molecule has 0 aliphatic heterocycles. The molecule has 4 amide bonds. The van der Waals surface area contributed by atoms with Crippen molar-refractivity contribution >= 4 is 57.3 Å². The number of ether oxygens (including phenoxy) is 4. The first-order valence-corrected chi connectivity index (χ1v) is 26.3. The van der Waals surface area contributed by atoms with Crippen LogP contribution in [0.2, 0.25) is 0 Å². The Morgan fingerprint density at radius 3 is 1.75 bits per heavy atom. The molecule has 75 heavy (non-hydrogen) atoms. The van der Waals surface area contributed by atoms with Gasteiger partial charge in [0.05, 0.1) is 13.2 Å². The summed E-state index contributed by atoms with van der Waals surface area (Å²) in [4.78, 5) is 68.9. The van der Waals surface area contributed by atoms with Gasteiger partial charge in [0.2, 0.25) is 11.8 Å². The standard InChI is InChI=1S/C59H79N7O9/c1-39(2)31-35-72-49-29-27-42-21-12-14-23-44(42)52(49)53-45-24-15-13-22-43(45)28-30-50(53)74-38-51(67)64-46(25-16-17-33-63-58(71)75-59(5,6)7)54(68)65-47(26-18-34-62-57(60)61-8)55(69)66-48(37-40(3)4)56(70)73-36-32-41-19-10-9-11-20-41/h9-15,19-24,27-30,39-40,46-48H,16-18,25-26,31-38H2,1-8H3,(H,63,71)(H,64,67)(H,65,68)(H,66,69)(H3,60,61,62)/t46-,47-,48+/m1/s1. The van der Waals surface area contributed by atoms with Gasteiger partial charge in [-0.15, -0.1) is 0 Å². The summed E-state index contributed by atoms with van der Waals surface area (Å²) in [5, 5.41) is 28.8. The molecule has 0 heterocycles. The van der Waals surface area contributed by atoms with Crippen LogP contribution in [0.5, 0.6) is 11.5 Å². The number of unbranched alkanes of at least 4 members (excludes halogenated alkanes) is 1. The molecule has 0 saturated carbocycles. The van der Waals surface area contributed by atoms with Crippen molar-refractivity contribution in [3.63, 3.8) is 0 Å². The van der Waals surface area contributed by atoms with Gasteiger partial charge in [-0.25, -0.2) is 9.59 Å². The zero-order valence-corrected chi connectivity index (χ0v) is 45.1. The first-order chi connectivity index (χ1) is 35.9. The van der Waals surface area contributed by atoms with Crippen LogP contribution >= 0.6 is 0 Å². The minimum absolute atomic E-state index is 0.0104.